The van der Waals surface area contributed by atoms with Crippen molar-refractivity contribution >= 4 is 29.1 Å². The summed E-state index contributed by atoms with van der Waals surface area (Å²) in [6.45, 7) is 2.27. The summed E-state index contributed by atoms with van der Waals surface area (Å²) < 4.78 is 1.89. The lowest BCUT2D eigenvalue weighted by molar-refractivity contribution is -0.144. The van der Waals surface area contributed by atoms with Crippen LogP contribution in [0.5, 0.6) is 0 Å². The predicted octanol–water partition coefficient (Wildman–Crippen LogP) is 8.87. The molecule has 4 nitrogen and oxygen atoms in total. The van der Waals surface area contributed by atoms with Crippen molar-refractivity contribution in [1.82, 2.24) is 9.71 Å². The monoisotopic (exact) mass is 492 g/mol. The fourth-order valence-electron chi connectivity index (χ4n) is 4.41. The van der Waals surface area contributed by atoms with E-state index < -0.39 is 0 Å². The zero-order chi connectivity index (χ0) is 24.7. The SMILES string of the molecule is CCCCCCCCCCCCCCCC(=O)On1c(-c2ccccc2)nc2ccccc2c1=S. The Morgan fingerprint density at radius 1 is 0.771 bits per heavy atom. The lowest BCUT2D eigenvalue weighted by Gasteiger charge is -2.14. The molecule has 3 aromatic rings. The number of rotatable bonds is 16. The van der Waals surface area contributed by atoms with Gasteiger partial charge in [-0.05, 0) is 18.6 Å². The number of para-hydroxylation sites is 1. The predicted molar refractivity (Wildman–Crippen MR) is 148 cm³/mol. The van der Waals surface area contributed by atoms with Crippen molar-refractivity contribution in [2.75, 3.05) is 0 Å². The summed E-state index contributed by atoms with van der Waals surface area (Å²) in [5.41, 5.74) is 1.65. The Kier molecular flexibility index (Phi) is 12.0. The molecule has 2 aromatic carbocycles. The molecule has 0 atom stereocenters. The second-order valence-corrected chi connectivity index (χ2v) is 9.76. The number of carbonyl (C=O) groups excluding carboxylic acids is 1. The highest BCUT2D eigenvalue weighted by molar-refractivity contribution is 7.71. The average molecular weight is 493 g/mol. The van der Waals surface area contributed by atoms with Gasteiger partial charge in [-0.2, -0.15) is 0 Å². The summed E-state index contributed by atoms with van der Waals surface area (Å²) in [6.07, 6.45) is 17.0. The molecule has 0 radical (unpaired) electrons. The molecule has 35 heavy (non-hydrogen) atoms. The van der Waals surface area contributed by atoms with Gasteiger partial charge in [0, 0.05) is 17.4 Å². The largest absolute Gasteiger partial charge is 0.334 e. The quantitative estimate of drug-likeness (QED) is 0.148. The van der Waals surface area contributed by atoms with E-state index in [0.29, 0.717) is 16.9 Å². The third-order valence-corrected chi connectivity index (χ3v) is 6.83. The van der Waals surface area contributed by atoms with Crippen LogP contribution in [0.4, 0.5) is 0 Å². The molecular weight excluding hydrogens is 452 g/mol. The number of hydrogen-bond donors (Lipinski definition) is 0. The Morgan fingerprint density at radius 2 is 1.31 bits per heavy atom. The van der Waals surface area contributed by atoms with Crippen molar-refractivity contribution in [3.05, 3.63) is 59.2 Å². The fraction of sp³-hybridized carbons (Fsp3) is 0.500. The van der Waals surface area contributed by atoms with Gasteiger partial charge in [0.25, 0.3) is 0 Å². The summed E-state index contributed by atoms with van der Waals surface area (Å²) in [5, 5.41) is 0.802. The topological polar surface area (TPSA) is 44.1 Å². The summed E-state index contributed by atoms with van der Waals surface area (Å²) in [4.78, 5) is 23.2. The summed E-state index contributed by atoms with van der Waals surface area (Å²) in [6, 6.07) is 17.4. The van der Waals surface area contributed by atoms with E-state index in [2.05, 4.69) is 6.92 Å². The van der Waals surface area contributed by atoms with Gasteiger partial charge in [0.05, 0.1) is 5.52 Å². The maximum atomic E-state index is 12.7. The smallest absolute Gasteiger partial charge is 0.333 e. The Labute approximate surface area is 215 Å². The normalized spacial score (nSPS) is 11.1. The van der Waals surface area contributed by atoms with E-state index in [1.54, 1.807) is 0 Å². The molecule has 0 N–H and O–H groups in total. The van der Waals surface area contributed by atoms with Gasteiger partial charge in [-0.25, -0.2) is 9.78 Å². The van der Waals surface area contributed by atoms with Crippen LogP contribution in [-0.2, 0) is 4.79 Å². The third-order valence-electron chi connectivity index (χ3n) is 6.45. The van der Waals surface area contributed by atoms with Crippen LogP contribution < -0.4 is 4.84 Å². The lowest BCUT2D eigenvalue weighted by atomic mass is 10.0. The van der Waals surface area contributed by atoms with E-state index in [1.165, 1.54) is 75.4 Å². The first kappa shape index (κ1) is 27.1. The van der Waals surface area contributed by atoms with Crippen LogP contribution in [0.2, 0.25) is 0 Å². The third kappa shape index (κ3) is 8.88. The molecule has 0 unspecified atom stereocenters. The number of fused-ring (bicyclic) bond motifs is 1. The molecule has 0 fully saturated rings. The number of aromatic nitrogens is 2. The Hall–Kier alpha value is -2.53. The van der Waals surface area contributed by atoms with Gasteiger partial charge in [-0.15, -0.1) is 4.73 Å². The van der Waals surface area contributed by atoms with Gasteiger partial charge < -0.3 is 4.84 Å². The van der Waals surface area contributed by atoms with E-state index in [-0.39, 0.29) is 5.97 Å². The van der Waals surface area contributed by atoms with Gasteiger partial charge in [0.2, 0.25) is 0 Å². The van der Waals surface area contributed by atoms with Crippen LogP contribution in [0.1, 0.15) is 96.8 Å². The van der Waals surface area contributed by atoms with Crippen molar-refractivity contribution in [2.45, 2.75) is 96.8 Å². The van der Waals surface area contributed by atoms with Crippen molar-refractivity contribution in [1.29, 1.82) is 0 Å². The van der Waals surface area contributed by atoms with Crippen molar-refractivity contribution in [2.24, 2.45) is 0 Å². The van der Waals surface area contributed by atoms with Crippen LogP contribution in [0.15, 0.2) is 54.6 Å². The average Bonchev–Trinajstić information content (AvgIpc) is 2.89. The molecule has 0 saturated carbocycles. The Bertz CT molecular complexity index is 1090. The Morgan fingerprint density at radius 3 is 1.94 bits per heavy atom. The minimum atomic E-state index is -0.265. The minimum Gasteiger partial charge on any atom is -0.334 e. The molecule has 0 saturated heterocycles. The molecule has 1 aromatic heterocycles. The molecule has 1 heterocycles. The van der Waals surface area contributed by atoms with Gasteiger partial charge in [0.1, 0.15) is 0 Å². The molecule has 0 aliphatic carbocycles. The highest BCUT2D eigenvalue weighted by Gasteiger charge is 2.14. The van der Waals surface area contributed by atoms with Crippen LogP contribution in [0.3, 0.4) is 0 Å². The number of unbranched alkanes of at least 4 members (excludes halogenated alkanes) is 12. The summed E-state index contributed by atoms with van der Waals surface area (Å²) in [7, 11) is 0. The van der Waals surface area contributed by atoms with Gasteiger partial charge in [0.15, 0.2) is 10.5 Å². The molecule has 5 heteroatoms. The zero-order valence-corrected chi connectivity index (χ0v) is 22.0. The molecule has 3 rings (SSSR count). The molecule has 0 bridgehead atoms. The first-order valence-corrected chi connectivity index (χ1v) is 13.9. The number of carbonyl (C=O) groups is 1. The number of nitrogens with zero attached hydrogens (tertiary/aromatic N) is 2. The van der Waals surface area contributed by atoms with E-state index in [0.717, 1.165) is 29.3 Å². The fourth-order valence-corrected chi connectivity index (χ4v) is 4.70. The molecule has 0 amide bonds. The van der Waals surface area contributed by atoms with Crippen LogP contribution >= 0.6 is 12.2 Å². The van der Waals surface area contributed by atoms with Crippen molar-refractivity contribution in [3.63, 3.8) is 0 Å². The molecule has 0 aliphatic rings. The molecule has 0 aliphatic heterocycles. The van der Waals surface area contributed by atoms with Crippen LogP contribution in [0.25, 0.3) is 22.3 Å². The van der Waals surface area contributed by atoms with Crippen LogP contribution in [-0.4, -0.2) is 15.7 Å². The highest BCUT2D eigenvalue weighted by atomic mass is 32.1. The zero-order valence-electron chi connectivity index (χ0n) is 21.2. The first-order valence-electron chi connectivity index (χ1n) is 13.5. The molecule has 0 spiro atoms. The van der Waals surface area contributed by atoms with E-state index in [9.17, 15) is 4.79 Å². The highest BCUT2D eigenvalue weighted by Crippen LogP contribution is 2.22. The summed E-state index contributed by atoms with van der Waals surface area (Å²) >= 11 is 5.68. The Balaban J connectivity index is 1.42. The number of benzene rings is 2. The molecule has 188 valence electrons. The lowest BCUT2D eigenvalue weighted by Crippen LogP contribution is -2.23. The van der Waals surface area contributed by atoms with Gasteiger partial charge in [-0.3, -0.25) is 0 Å². The van der Waals surface area contributed by atoms with Crippen molar-refractivity contribution < 1.29 is 9.63 Å². The van der Waals surface area contributed by atoms with Crippen LogP contribution in [0, 0.1) is 4.64 Å². The maximum absolute atomic E-state index is 12.7. The second kappa shape index (κ2) is 15.5. The van der Waals surface area contributed by atoms with Gasteiger partial charge in [-0.1, -0.05) is 139 Å². The first-order chi connectivity index (χ1) is 17.2. The second-order valence-electron chi connectivity index (χ2n) is 9.37. The standard InChI is InChI=1S/C30H40N2O2S/c1-2-3-4-5-6-7-8-9-10-11-12-13-17-24-28(33)34-32-29(25-20-15-14-16-21-25)31-27-23-19-18-22-26(27)30(32)35/h14-16,18-23H,2-13,17,24H2,1H3. The molecular formula is C30H40N2O2S. The maximum Gasteiger partial charge on any atom is 0.333 e. The van der Waals surface area contributed by atoms with Crippen molar-refractivity contribution in [3.8, 4) is 11.4 Å². The number of hydrogen-bond acceptors (Lipinski definition) is 4. The van der Waals surface area contributed by atoms with E-state index in [1.807, 2.05) is 54.6 Å². The minimum absolute atomic E-state index is 0.265. The van der Waals surface area contributed by atoms with E-state index >= 15 is 0 Å². The summed E-state index contributed by atoms with van der Waals surface area (Å²) in [5.74, 6) is 0.284. The van der Waals surface area contributed by atoms with Gasteiger partial charge >= 0.3 is 5.97 Å². The van der Waals surface area contributed by atoms with E-state index in [4.69, 9.17) is 22.0 Å².